The Labute approximate surface area is 100 Å². The molecule has 0 fully saturated rings. The van der Waals surface area contributed by atoms with Gasteiger partial charge in [0.15, 0.2) is 17.3 Å². The quantitative estimate of drug-likeness (QED) is 0.750. The van der Waals surface area contributed by atoms with Crippen LogP contribution in [0.25, 0.3) is 0 Å². The molecule has 0 aliphatic heterocycles. The molecule has 0 aromatic heterocycles. The van der Waals surface area contributed by atoms with E-state index >= 15 is 0 Å². The van der Waals surface area contributed by atoms with Gasteiger partial charge in [0.1, 0.15) is 0 Å². The Morgan fingerprint density at radius 2 is 1.82 bits per heavy atom. The van der Waals surface area contributed by atoms with E-state index in [0.29, 0.717) is 23.7 Å². The predicted octanol–water partition coefficient (Wildman–Crippen LogP) is 0.992. The number of ketones is 1. The van der Waals surface area contributed by atoms with Gasteiger partial charge >= 0.3 is 0 Å². The van der Waals surface area contributed by atoms with Gasteiger partial charge in [-0.3, -0.25) is 4.79 Å². The molecule has 0 spiro atoms. The maximum atomic E-state index is 11.6. The van der Waals surface area contributed by atoms with Crippen LogP contribution in [-0.4, -0.2) is 33.7 Å². The summed E-state index contributed by atoms with van der Waals surface area (Å²) in [6.45, 7) is 0.319. The van der Waals surface area contributed by atoms with E-state index in [9.17, 15) is 4.79 Å². The molecule has 5 heteroatoms. The van der Waals surface area contributed by atoms with Crippen LogP contribution in [-0.2, 0) is 11.3 Å². The highest BCUT2D eigenvalue weighted by Crippen LogP contribution is 2.35. The molecule has 2 N–H and O–H groups in total. The van der Waals surface area contributed by atoms with E-state index in [-0.39, 0.29) is 12.3 Å². The average Bonchev–Trinajstić information content (AvgIpc) is 2.37. The number of hydrogen-bond donors (Lipinski definition) is 1. The van der Waals surface area contributed by atoms with E-state index in [1.165, 1.54) is 14.2 Å². The summed E-state index contributed by atoms with van der Waals surface area (Å²) in [7, 11) is 4.60. The minimum absolute atomic E-state index is 0.0663. The van der Waals surface area contributed by atoms with Crippen LogP contribution in [0.1, 0.15) is 15.9 Å². The maximum Gasteiger partial charge on any atom is 0.180 e. The van der Waals surface area contributed by atoms with Crippen LogP contribution in [0.3, 0.4) is 0 Å². The van der Waals surface area contributed by atoms with Gasteiger partial charge in [-0.05, 0) is 6.07 Å². The first-order valence-electron chi connectivity index (χ1n) is 5.15. The minimum Gasteiger partial charge on any atom is -0.492 e. The van der Waals surface area contributed by atoms with Gasteiger partial charge in [0.05, 0.1) is 32.9 Å². The van der Waals surface area contributed by atoms with Crippen LogP contribution >= 0.6 is 0 Å². The molecule has 94 valence electrons. The summed E-state index contributed by atoms with van der Waals surface area (Å²) >= 11 is 0. The van der Waals surface area contributed by atoms with E-state index in [2.05, 4.69) is 0 Å². The molecule has 0 saturated heterocycles. The zero-order valence-electron chi connectivity index (χ0n) is 10.3. The average molecular weight is 239 g/mol. The number of carbonyl (C=O) groups is 1. The van der Waals surface area contributed by atoms with Crippen molar-refractivity contribution in [3.63, 3.8) is 0 Å². The van der Waals surface area contributed by atoms with Gasteiger partial charge in [0.25, 0.3) is 0 Å². The van der Waals surface area contributed by atoms with Crippen LogP contribution in [0.5, 0.6) is 11.5 Å². The second-order valence-corrected chi connectivity index (χ2v) is 3.40. The maximum absolute atomic E-state index is 11.6. The Morgan fingerprint density at radius 3 is 2.29 bits per heavy atom. The van der Waals surface area contributed by atoms with Crippen LogP contribution in [0.4, 0.5) is 0 Å². The van der Waals surface area contributed by atoms with E-state index in [0.717, 1.165) is 5.56 Å². The van der Waals surface area contributed by atoms with Crippen molar-refractivity contribution in [2.24, 2.45) is 5.73 Å². The van der Waals surface area contributed by atoms with Crippen molar-refractivity contribution in [1.29, 1.82) is 0 Å². The van der Waals surface area contributed by atoms with Gasteiger partial charge in [-0.1, -0.05) is 6.07 Å². The van der Waals surface area contributed by atoms with Crippen LogP contribution in [0.2, 0.25) is 0 Å². The van der Waals surface area contributed by atoms with Crippen molar-refractivity contribution in [2.75, 3.05) is 27.9 Å². The van der Waals surface area contributed by atoms with Crippen molar-refractivity contribution in [1.82, 2.24) is 0 Å². The first kappa shape index (κ1) is 13.5. The highest BCUT2D eigenvalue weighted by Gasteiger charge is 2.18. The van der Waals surface area contributed by atoms with Gasteiger partial charge in [0.2, 0.25) is 0 Å². The van der Waals surface area contributed by atoms with E-state index in [1.807, 2.05) is 0 Å². The van der Waals surface area contributed by atoms with Crippen molar-refractivity contribution in [3.8, 4) is 11.5 Å². The Kier molecular flexibility index (Phi) is 4.93. The van der Waals surface area contributed by atoms with Gasteiger partial charge in [-0.15, -0.1) is 0 Å². The predicted molar refractivity (Wildman–Crippen MR) is 63.6 cm³/mol. The molecule has 0 saturated carbocycles. The number of rotatable bonds is 6. The lowest BCUT2D eigenvalue weighted by Crippen LogP contribution is -2.15. The second-order valence-electron chi connectivity index (χ2n) is 3.40. The number of nitrogens with two attached hydrogens (primary N) is 1. The molecule has 0 aliphatic carbocycles. The van der Waals surface area contributed by atoms with Gasteiger partial charge < -0.3 is 19.9 Å². The third kappa shape index (κ3) is 2.75. The monoisotopic (exact) mass is 239 g/mol. The molecule has 0 amide bonds. The normalized spacial score (nSPS) is 10.1. The van der Waals surface area contributed by atoms with Crippen LogP contribution < -0.4 is 15.2 Å². The molecule has 0 aliphatic rings. The fourth-order valence-corrected chi connectivity index (χ4v) is 1.63. The zero-order chi connectivity index (χ0) is 12.8. The molecule has 1 aromatic rings. The number of hydrogen-bond acceptors (Lipinski definition) is 5. The molecule has 0 atom stereocenters. The summed E-state index contributed by atoms with van der Waals surface area (Å²) in [5, 5.41) is 0. The third-order valence-corrected chi connectivity index (χ3v) is 2.39. The van der Waals surface area contributed by atoms with Crippen molar-refractivity contribution < 1.29 is 19.0 Å². The minimum atomic E-state index is -0.191. The Bertz CT molecular complexity index is 404. The highest BCUT2D eigenvalue weighted by molar-refractivity contribution is 6.00. The highest BCUT2D eigenvalue weighted by atomic mass is 16.5. The molecule has 5 nitrogen and oxygen atoms in total. The second kappa shape index (κ2) is 6.22. The summed E-state index contributed by atoms with van der Waals surface area (Å²) in [5.41, 5.74) is 6.59. The molecule has 0 heterocycles. The lowest BCUT2D eigenvalue weighted by molar-refractivity contribution is 0.0997. The molecular weight excluding hydrogens is 222 g/mol. The Morgan fingerprint density at radius 1 is 1.18 bits per heavy atom. The molecule has 0 bridgehead atoms. The largest absolute Gasteiger partial charge is 0.492 e. The summed E-state index contributed by atoms with van der Waals surface area (Å²) in [4.78, 5) is 11.6. The number of carbonyl (C=O) groups excluding carboxylic acids is 1. The van der Waals surface area contributed by atoms with Crippen LogP contribution in [0.15, 0.2) is 12.1 Å². The van der Waals surface area contributed by atoms with Gasteiger partial charge in [-0.2, -0.15) is 0 Å². The number of ether oxygens (including phenoxy) is 3. The smallest absolute Gasteiger partial charge is 0.180 e. The third-order valence-electron chi connectivity index (χ3n) is 2.39. The zero-order valence-corrected chi connectivity index (χ0v) is 10.3. The van der Waals surface area contributed by atoms with Crippen LogP contribution in [0, 0.1) is 0 Å². The standard InChI is InChI=1S/C12H17NO4/c1-15-7-8-4-5-9(10(14)6-13)12(17-3)11(8)16-2/h4-5H,6-7,13H2,1-3H3. The first-order valence-corrected chi connectivity index (χ1v) is 5.15. The van der Waals surface area contributed by atoms with Gasteiger partial charge in [0, 0.05) is 12.7 Å². The van der Waals surface area contributed by atoms with E-state index in [1.54, 1.807) is 19.2 Å². The fraction of sp³-hybridized carbons (Fsp3) is 0.417. The topological polar surface area (TPSA) is 70.8 Å². The summed E-state index contributed by atoms with van der Waals surface area (Å²) in [6.07, 6.45) is 0. The molecule has 1 aromatic carbocycles. The SMILES string of the molecule is COCc1ccc(C(=O)CN)c(OC)c1OC. The lowest BCUT2D eigenvalue weighted by Gasteiger charge is -2.15. The molecule has 0 radical (unpaired) electrons. The number of Topliss-reactive ketones (excluding diaryl/α,β-unsaturated/α-hetero) is 1. The number of methoxy groups -OCH3 is 3. The Balaban J connectivity index is 3.31. The first-order chi connectivity index (χ1) is 8.19. The Hall–Kier alpha value is -1.59. The lowest BCUT2D eigenvalue weighted by atomic mass is 10.1. The summed E-state index contributed by atoms with van der Waals surface area (Å²) in [5.74, 6) is 0.718. The summed E-state index contributed by atoms with van der Waals surface area (Å²) < 4.78 is 15.5. The molecule has 1 rings (SSSR count). The molecule has 0 unspecified atom stereocenters. The summed E-state index contributed by atoms with van der Waals surface area (Å²) in [6, 6.07) is 3.44. The molecular formula is C12H17NO4. The van der Waals surface area contributed by atoms with E-state index in [4.69, 9.17) is 19.9 Å². The van der Waals surface area contributed by atoms with Crippen molar-refractivity contribution >= 4 is 5.78 Å². The van der Waals surface area contributed by atoms with E-state index < -0.39 is 0 Å². The number of benzene rings is 1. The van der Waals surface area contributed by atoms with Crippen molar-refractivity contribution in [3.05, 3.63) is 23.3 Å². The fourth-order valence-electron chi connectivity index (χ4n) is 1.63. The van der Waals surface area contributed by atoms with Gasteiger partial charge in [-0.25, -0.2) is 0 Å². The molecule has 17 heavy (non-hydrogen) atoms. The van der Waals surface area contributed by atoms with Crippen molar-refractivity contribution in [2.45, 2.75) is 6.61 Å².